The van der Waals surface area contributed by atoms with Gasteiger partial charge in [0.15, 0.2) is 6.10 Å². The number of nitrogens with zero attached hydrogens (tertiary/aromatic N) is 2. The number of halogens is 1. The summed E-state index contributed by atoms with van der Waals surface area (Å²) in [6, 6.07) is 13.2. The van der Waals surface area contributed by atoms with E-state index in [9.17, 15) is 4.79 Å². The largest absolute Gasteiger partial charge is 0.463 e. The molecule has 20 heavy (non-hydrogen) atoms. The van der Waals surface area contributed by atoms with E-state index in [1.807, 2.05) is 30.3 Å². The molecule has 102 valence electrons. The fraction of sp³-hybridized carbons (Fsp3) is 0.200. The molecule has 0 N–H and O–H groups in total. The summed E-state index contributed by atoms with van der Waals surface area (Å²) >= 11 is 5.87. The molecule has 0 aliphatic carbocycles. The van der Waals surface area contributed by atoms with E-state index < -0.39 is 6.10 Å². The third kappa shape index (κ3) is 2.34. The minimum Gasteiger partial charge on any atom is -0.463 e. The smallest absolute Gasteiger partial charge is 0.268 e. The summed E-state index contributed by atoms with van der Waals surface area (Å²) in [5.41, 5.74) is 1.71. The van der Waals surface area contributed by atoms with Crippen LogP contribution in [0, 0.1) is 0 Å². The van der Waals surface area contributed by atoms with Crippen LogP contribution in [-0.4, -0.2) is 17.0 Å². The summed E-state index contributed by atoms with van der Waals surface area (Å²) in [6.45, 7) is 2.20. The Morgan fingerprint density at radius 2 is 2.00 bits per heavy atom. The van der Waals surface area contributed by atoms with Crippen LogP contribution >= 0.6 is 11.6 Å². The lowest BCUT2D eigenvalue weighted by Gasteiger charge is -2.32. The maximum atomic E-state index is 12.3. The fourth-order valence-corrected chi connectivity index (χ4v) is 2.33. The van der Waals surface area contributed by atoms with Crippen molar-refractivity contribution in [3.05, 3.63) is 53.2 Å². The number of aromatic nitrogens is 1. The van der Waals surface area contributed by atoms with Gasteiger partial charge in [-0.15, -0.1) is 0 Å². The van der Waals surface area contributed by atoms with E-state index in [1.165, 1.54) is 0 Å². The summed E-state index contributed by atoms with van der Waals surface area (Å²) in [6.07, 6.45) is -0.558. The number of benzene rings is 1. The number of carbonyl (C=O) groups is 1. The number of hydrogen-bond acceptors (Lipinski definition) is 3. The van der Waals surface area contributed by atoms with Crippen molar-refractivity contribution in [1.82, 2.24) is 4.98 Å². The molecule has 1 atom stereocenters. The standard InChI is InChI=1S/C15H13ClN2O2/c1-10-15(19)18(9-11-5-3-2-4-6-11)12-7-8-13(16)17-14(12)20-10/h2-8,10H,9H2,1H3/t10-/m1/s1. The average Bonchev–Trinajstić information content (AvgIpc) is 2.45. The Balaban J connectivity index is 1.99. The summed E-state index contributed by atoms with van der Waals surface area (Å²) in [5.74, 6) is 0.325. The molecular weight excluding hydrogens is 276 g/mol. The van der Waals surface area contributed by atoms with Gasteiger partial charge in [-0.25, -0.2) is 0 Å². The Morgan fingerprint density at radius 1 is 1.25 bits per heavy atom. The van der Waals surface area contributed by atoms with Crippen molar-refractivity contribution in [3.8, 4) is 5.88 Å². The van der Waals surface area contributed by atoms with Gasteiger partial charge in [0, 0.05) is 0 Å². The van der Waals surface area contributed by atoms with Gasteiger partial charge in [0.1, 0.15) is 10.8 Å². The summed E-state index contributed by atoms with van der Waals surface area (Å²) in [5, 5.41) is 0.352. The predicted octanol–water partition coefficient (Wildman–Crippen LogP) is 3.05. The van der Waals surface area contributed by atoms with Crippen LogP contribution in [0.3, 0.4) is 0 Å². The van der Waals surface area contributed by atoms with Gasteiger partial charge in [0.25, 0.3) is 5.91 Å². The zero-order chi connectivity index (χ0) is 14.1. The Hall–Kier alpha value is -2.07. The van der Waals surface area contributed by atoms with Crippen LogP contribution in [0.5, 0.6) is 5.88 Å². The number of fused-ring (bicyclic) bond motifs is 1. The molecule has 0 saturated carbocycles. The average molecular weight is 289 g/mol. The van der Waals surface area contributed by atoms with E-state index in [0.29, 0.717) is 23.3 Å². The molecule has 5 heteroatoms. The lowest BCUT2D eigenvalue weighted by molar-refractivity contribution is -0.125. The highest BCUT2D eigenvalue weighted by atomic mass is 35.5. The van der Waals surface area contributed by atoms with Crippen molar-refractivity contribution in [2.75, 3.05) is 4.90 Å². The van der Waals surface area contributed by atoms with E-state index in [-0.39, 0.29) is 5.91 Å². The molecule has 1 aromatic carbocycles. The van der Waals surface area contributed by atoms with Crippen LogP contribution in [0.25, 0.3) is 0 Å². The fourth-order valence-electron chi connectivity index (χ4n) is 2.19. The zero-order valence-electron chi connectivity index (χ0n) is 10.9. The highest BCUT2D eigenvalue weighted by molar-refractivity contribution is 6.29. The maximum absolute atomic E-state index is 12.3. The molecule has 0 saturated heterocycles. The number of rotatable bonds is 2. The number of amides is 1. The number of ether oxygens (including phenoxy) is 1. The predicted molar refractivity (Wildman–Crippen MR) is 77.0 cm³/mol. The van der Waals surface area contributed by atoms with Crippen molar-refractivity contribution in [2.45, 2.75) is 19.6 Å². The van der Waals surface area contributed by atoms with Crippen LogP contribution in [-0.2, 0) is 11.3 Å². The second-order valence-corrected chi connectivity index (χ2v) is 5.02. The topological polar surface area (TPSA) is 42.4 Å². The first-order valence-corrected chi connectivity index (χ1v) is 6.71. The molecule has 1 aliphatic rings. The van der Waals surface area contributed by atoms with Crippen molar-refractivity contribution in [2.24, 2.45) is 0 Å². The second-order valence-electron chi connectivity index (χ2n) is 4.63. The Bertz CT molecular complexity index is 646. The molecule has 2 aromatic rings. The molecule has 4 nitrogen and oxygen atoms in total. The molecule has 1 aliphatic heterocycles. The van der Waals surface area contributed by atoms with E-state index >= 15 is 0 Å². The van der Waals surface area contributed by atoms with Gasteiger partial charge < -0.3 is 4.74 Å². The van der Waals surface area contributed by atoms with Gasteiger partial charge in [0.05, 0.1) is 6.54 Å². The summed E-state index contributed by atoms with van der Waals surface area (Å²) in [7, 11) is 0. The minimum atomic E-state index is -0.558. The van der Waals surface area contributed by atoms with Gasteiger partial charge >= 0.3 is 0 Å². The minimum absolute atomic E-state index is 0.0783. The van der Waals surface area contributed by atoms with Crippen LogP contribution < -0.4 is 9.64 Å². The van der Waals surface area contributed by atoms with Crippen molar-refractivity contribution < 1.29 is 9.53 Å². The Kier molecular flexibility index (Phi) is 3.32. The monoisotopic (exact) mass is 288 g/mol. The second kappa shape index (κ2) is 5.13. The highest BCUT2D eigenvalue weighted by Crippen LogP contribution is 2.34. The first kappa shape index (κ1) is 12.9. The molecular formula is C15H13ClN2O2. The van der Waals surface area contributed by atoms with Gasteiger partial charge in [-0.05, 0) is 24.6 Å². The van der Waals surface area contributed by atoms with E-state index in [1.54, 1.807) is 24.0 Å². The maximum Gasteiger partial charge on any atom is 0.268 e. The third-order valence-electron chi connectivity index (χ3n) is 3.18. The molecule has 0 spiro atoms. The van der Waals surface area contributed by atoms with E-state index in [2.05, 4.69) is 4.98 Å². The number of pyridine rings is 1. The molecule has 0 bridgehead atoms. The molecule has 0 unspecified atom stereocenters. The lowest BCUT2D eigenvalue weighted by atomic mass is 10.1. The quantitative estimate of drug-likeness (QED) is 0.798. The van der Waals surface area contributed by atoms with Gasteiger partial charge in [-0.1, -0.05) is 41.9 Å². The number of carbonyl (C=O) groups excluding carboxylic acids is 1. The molecule has 3 rings (SSSR count). The SMILES string of the molecule is C[C@H]1Oc2nc(Cl)ccc2N(Cc2ccccc2)C1=O. The van der Waals surface area contributed by atoms with E-state index in [4.69, 9.17) is 16.3 Å². The first-order valence-electron chi connectivity index (χ1n) is 6.33. The molecule has 0 radical (unpaired) electrons. The summed E-state index contributed by atoms with van der Waals surface area (Å²) < 4.78 is 5.51. The number of anilines is 1. The lowest BCUT2D eigenvalue weighted by Crippen LogP contribution is -2.44. The van der Waals surface area contributed by atoms with Crippen LogP contribution in [0.4, 0.5) is 5.69 Å². The van der Waals surface area contributed by atoms with Crippen molar-refractivity contribution in [3.63, 3.8) is 0 Å². The Labute approximate surface area is 122 Å². The van der Waals surface area contributed by atoms with Crippen LogP contribution in [0.15, 0.2) is 42.5 Å². The third-order valence-corrected chi connectivity index (χ3v) is 3.39. The van der Waals surface area contributed by atoms with Crippen molar-refractivity contribution in [1.29, 1.82) is 0 Å². The molecule has 1 amide bonds. The first-order chi connectivity index (χ1) is 9.65. The van der Waals surface area contributed by atoms with Crippen LogP contribution in [0.1, 0.15) is 12.5 Å². The Morgan fingerprint density at radius 3 is 2.75 bits per heavy atom. The van der Waals surface area contributed by atoms with E-state index in [0.717, 1.165) is 5.56 Å². The summed E-state index contributed by atoms with van der Waals surface area (Å²) in [4.78, 5) is 18.1. The molecule has 1 aromatic heterocycles. The van der Waals surface area contributed by atoms with Gasteiger partial charge in [-0.2, -0.15) is 4.98 Å². The van der Waals surface area contributed by atoms with Gasteiger partial charge in [-0.3, -0.25) is 9.69 Å². The van der Waals surface area contributed by atoms with Crippen LogP contribution in [0.2, 0.25) is 5.15 Å². The van der Waals surface area contributed by atoms with Crippen molar-refractivity contribution >= 4 is 23.2 Å². The van der Waals surface area contributed by atoms with Gasteiger partial charge in [0.2, 0.25) is 5.88 Å². The molecule has 0 fully saturated rings. The normalized spacial score (nSPS) is 17.6. The molecule has 2 heterocycles. The number of hydrogen-bond donors (Lipinski definition) is 0. The highest BCUT2D eigenvalue weighted by Gasteiger charge is 2.32. The zero-order valence-corrected chi connectivity index (χ0v) is 11.7.